The minimum atomic E-state index is -1.48. The Hall–Kier alpha value is -1.85. The minimum absolute atomic E-state index is 0.0680. The number of aliphatic hydroxyl groups is 2. The van der Waals surface area contributed by atoms with Crippen LogP contribution in [0.1, 0.15) is 118 Å². The van der Waals surface area contributed by atoms with Gasteiger partial charge in [-0.1, -0.05) is 74.6 Å². The third-order valence-electron chi connectivity index (χ3n) is 14.1. The van der Waals surface area contributed by atoms with Gasteiger partial charge in [-0.25, -0.2) is 0 Å². The van der Waals surface area contributed by atoms with Gasteiger partial charge in [-0.05, 0) is 88.5 Å². The molecule has 0 aromatic heterocycles. The predicted molar refractivity (Wildman–Crippen MR) is 202 cm³/mol. The van der Waals surface area contributed by atoms with E-state index in [0.29, 0.717) is 49.5 Å². The van der Waals surface area contributed by atoms with Crippen molar-refractivity contribution in [3.05, 3.63) is 47.1 Å². The van der Waals surface area contributed by atoms with Crippen molar-refractivity contribution in [3.8, 4) is 0 Å². The molecule has 0 radical (unpaired) electrons. The number of rotatable bonds is 4. The van der Waals surface area contributed by atoms with Crippen LogP contribution in [0.25, 0.3) is 0 Å². The first-order valence-electron chi connectivity index (χ1n) is 20.9. The van der Waals surface area contributed by atoms with Gasteiger partial charge in [0.05, 0.1) is 43.2 Å². The predicted octanol–water partition coefficient (Wildman–Crippen LogP) is 7.29. The van der Waals surface area contributed by atoms with Crippen LogP contribution in [0, 0.1) is 29.6 Å². The molecule has 7 aliphatic rings. The van der Waals surface area contributed by atoms with Gasteiger partial charge in [-0.15, -0.1) is 0 Å². The summed E-state index contributed by atoms with van der Waals surface area (Å²) in [5, 5.41) is 23.1. The Labute approximate surface area is 317 Å². The normalized spacial score (nSPS) is 48.5. The summed E-state index contributed by atoms with van der Waals surface area (Å²) in [4.78, 5) is 14.3. The van der Waals surface area contributed by atoms with Crippen LogP contribution in [0.3, 0.4) is 0 Å². The summed E-state index contributed by atoms with van der Waals surface area (Å²) in [5.41, 5.74) is 1.50. The Morgan fingerprint density at radius 2 is 1.81 bits per heavy atom. The van der Waals surface area contributed by atoms with E-state index in [1.54, 1.807) is 7.11 Å². The second-order valence-electron chi connectivity index (χ2n) is 17.9. The Morgan fingerprint density at radius 3 is 2.58 bits per heavy atom. The van der Waals surface area contributed by atoms with E-state index in [-0.39, 0.29) is 49.0 Å². The van der Waals surface area contributed by atoms with Crippen LogP contribution >= 0.6 is 0 Å². The molecule has 9 heteroatoms. The number of aliphatic hydroxyl groups excluding tert-OH is 1. The van der Waals surface area contributed by atoms with Crippen LogP contribution < -0.4 is 0 Å². The van der Waals surface area contributed by atoms with E-state index >= 15 is 0 Å². The van der Waals surface area contributed by atoms with Crippen LogP contribution in [-0.2, 0) is 33.2 Å². The number of methoxy groups -OCH3 is 1. The third kappa shape index (κ3) is 8.19. The maximum absolute atomic E-state index is 14.3. The highest BCUT2D eigenvalue weighted by molar-refractivity contribution is 5.78. The number of allylic oxidation sites excluding steroid dienone is 4. The van der Waals surface area contributed by atoms with Crippen LogP contribution in [-0.4, -0.2) is 90.1 Å². The first kappa shape index (κ1) is 39.4. The average molecular weight is 739 g/mol. The fourth-order valence-electron chi connectivity index (χ4n) is 10.9. The molecule has 1 unspecified atom stereocenters. The Kier molecular flexibility index (Phi) is 12.1. The molecule has 1 saturated carbocycles. The van der Waals surface area contributed by atoms with E-state index < -0.39 is 41.6 Å². The molecule has 5 heterocycles. The summed E-state index contributed by atoms with van der Waals surface area (Å²) >= 11 is 0. The molecule has 14 atom stereocenters. The Morgan fingerprint density at radius 1 is 1.02 bits per heavy atom. The molecular formula is C44H66O9. The summed E-state index contributed by atoms with van der Waals surface area (Å²) in [6, 6.07) is 0. The van der Waals surface area contributed by atoms with Gasteiger partial charge in [0.15, 0.2) is 5.79 Å². The van der Waals surface area contributed by atoms with Gasteiger partial charge >= 0.3 is 5.97 Å². The quantitative estimate of drug-likeness (QED) is 0.227. The summed E-state index contributed by atoms with van der Waals surface area (Å²) in [5.74, 6) is -0.810. The number of fused-ring (bicyclic) bond motifs is 2. The van der Waals surface area contributed by atoms with Crippen molar-refractivity contribution in [1.82, 2.24) is 0 Å². The number of esters is 1. The largest absolute Gasteiger partial charge is 0.462 e. The molecule has 2 bridgehead atoms. The number of carbonyl (C=O) groups is 1. The van der Waals surface area contributed by atoms with E-state index in [1.165, 1.54) is 37.7 Å². The van der Waals surface area contributed by atoms with Crippen LogP contribution in [0.15, 0.2) is 47.1 Å². The zero-order chi connectivity index (χ0) is 37.5. The molecule has 0 amide bonds. The van der Waals surface area contributed by atoms with Crippen molar-refractivity contribution in [2.45, 2.75) is 178 Å². The van der Waals surface area contributed by atoms with E-state index in [9.17, 15) is 15.0 Å². The van der Waals surface area contributed by atoms with Gasteiger partial charge in [-0.2, -0.15) is 0 Å². The maximum atomic E-state index is 14.3. The summed E-state index contributed by atoms with van der Waals surface area (Å²) in [7, 11) is 1.66. The summed E-state index contributed by atoms with van der Waals surface area (Å²) < 4.78 is 39.0. The number of hydrogen-bond acceptors (Lipinski definition) is 9. The molecule has 296 valence electrons. The lowest BCUT2D eigenvalue weighted by Gasteiger charge is -2.51. The van der Waals surface area contributed by atoms with Gasteiger partial charge in [-0.3, -0.25) is 4.79 Å². The molecule has 4 saturated heterocycles. The molecule has 1 spiro atoms. The molecule has 9 nitrogen and oxygen atoms in total. The molecule has 0 aromatic carbocycles. The average Bonchev–Trinajstić information content (AvgIpc) is 3.46. The standard InChI is InChI=1S/C44H66O9/c1-26-19-37-42(46)51-35-21-33(52-43(24-35)18-17-29(4)41(53-43)31-12-8-7-9-13-31)16-15-28(3)36(22-34-23-38(48-6)40(45)30(5)50-34)27(2)11-10-14-32-25-49-39(20-26)44(32,37)47/h10-11,14-15,19,27,29-31,33-41,45,47H,7-9,12-13,16-18,20-25H2,1-6H3/b11-10+,28-15+,32-14+/t27-,29-,30-,33+,34-,35-,36-,37-,38-,39+,40-,41?,43+,44+/m0/s1. The van der Waals surface area contributed by atoms with Crippen LogP contribution in [0.5, 0.6) is 0 Å². The van der Waals surface area contributed by atoms with Gasteiger partial charge in [0.1, 0.15) is 23.7 Å². The number of hydrogen-bond donors (Lipinski definition) is 2. The lowest BCUT2D eigenvalue weighted by atomic mass is 9.72. The smallest absolute Gasteiger partial charge is 0.316 e. The van der Waals surface area contributed by atoms with E-state index in [2.05, 4.69) is 32.9 Å². The zero-order valence-electron chi connectivity index (χ0n) is 33.0. The molecule has 2 N–H and O–H groups in total. The van der Waals surface area contributed by atoms with E-state index in [4.69, 9.17) is 28.4 Å². The van der Waals surface area contributed by atoms with E-state index in [1.807, 2.05) is 32.1 Å². The van der Waals surface area contributed by atoms with Gasteiger partial charge in [0.25, 0.3) is 0 Å². The van der Waals surface area contributed by atoms with Crippen molar-refractivity contribution >= 4 is 5.97 Å². The van der Waals surface area contributed by atoms with Crippen molar-refractivity contribution < 1.29 is 43.4 Å². The van der Waals surface area contributed by atoms with Crippen molar-refractivity contribution in [2.24, 2.45) is 29.6 Å². The molecule has 2 aliphatic carbocycles. The first-order valence-corrected chi connectivity index (χ1v) is 20.9. The Bertz CT molecular complexity index is 1430. The molecule has 5 aliphatic heterocycles. The highest BCUT2D eigenvalue weighted by atomic mass is 16.7. The second-order valence-corrected chi connectivity index (χ2v) is 17.9. The molecule has 7 rings (SSSR count). The number of ether oxygens (including phenoxy) is 6. The van der Waals surface area contributed by atoms with E-state index in [0.717, 1.165) is 24.8 Å². The monoisotopic (exact) mass is 738 g/mol. The lowest BCUT2D eigenvalue weighted by Crippen LogP contribution is -2.56. The summed E-state index contributed by atoms with van der Waals surface area (Å²) in [6.45, 7) is 10.9. The zero-order valence-corrected chi connectivity index (χ0v) is 33.0. The molecule has 53 heavy (non-hydrogen) atoms. The van der Waals surface area contributed by atoms with Gasteiger partial charge < -0.3 is 38.6 Å². The molecule has 0 aromatic rings. The molecule has 5 fully saturated rings. The summed E-state index contributed by atoms with van der Waals surface area (Å²) in [6.07, 6.45) is 19.8. The van der Waals surface area contributed by atoms with Crippen LogP contribution in [0.2, 0.25) is 0 Å². The van der Waals surface area contributed by atoms with Crippen molar-refractivity contribution in [2.75, 3.05) is 13.7 Å². The number of carbonyl (C=O) groups excluding carboxylic acids is 1. The maximum Gasteiger partial charge on any atom is 0.316 e. The SMILES string of the molecule is CO[C@H]1C[C@H](C[C@@H]2/C(C)=C/C[C@@H]3C[C@@H](C[C@]4(CC[C@H](C)C(C5CCCCC5)O4)O3)OC(=O)[C@@H]3C=C(C)C[C@H]4OC/C(=C\C=C\[C@@H]2C)[C@]43O)O[C@@H](C)[C@@H]1O. The van der Waals surface area contributed by atoms with Gasteiger partial charge in [0, 0.05) is 32.8 Å². The topological polar surface area (TPSA) is 113 Å². The van der Waals surface area contributed by atoms with Gasteiger partial charge in [0.2, 0.25) is 0 Å². The molecular weight excluding hydrogens is 672 g/mol. The fraction of sp³-hybridized carbons (Fsp3) is 0.795. The van der Waals surface area contributed by atoms with Crippen molar-refractivity contribution in [3.63, 3.8) is 0 Å². The lowest BCUT2D eigenvalue weighted by molar-refractivity contribution is -0.342. The minimum Gasteiger partial charge on any atom is -0.462 e. The Balaban J connectivity index is 1.22. The highest BCUT2D eigenvalue weighted by Gasteiger charge is 2.57. The van der Waals surface area contributed by atoms with Crippen LogP contribution in [0.4, 0.5) is 0 Å². The van der Waals surface area contributed by atoms with Crippen molar-refractivity contribution in [1.29, 1.82) is 0 Å². The fourth-order valence-corrected chi connectivity index (χ4v) is 10.9. The highest BCUT2D eigenvalue weighted by Crippen LogP contribution is 2.49. The first-order chi connectivity index (χ1) is 25.4. The third-order valence-corrected chi connectivity index (χ3v) is 14.1. The second kappa shape index (κ2) is 16.3.